The summed E-state index contributed by atoms with van der Waals surface area (Å²) in [7, 11) is -2.23. The van der Waals surface area contributed by atoms with Gasteiger partial charge in [0, 0.05) is 17.5 Å². The number of benzene rings is 2. The molecular weight excluding hydrogens is 314 g/mol. The van der Waals surface area contributed by atoms with E-state index in [0.717, 1.165) is 0 Å². The van der Waals surface area contributed by atoms with Gasteiger partial charge in [-0.15, -0.1) is 0 Å². The normalized spacial score (nSPS) is 11.5. The van der Waals surface area contributed by atoms with Gasteiger partial charge in [0.2, 0.25) is 0 Å². The Labute approximate surface area is 134 Å². The van der Waals surface area contributed by atoms with Crippen LogP contribution in [0.4, 0.5) is 0 Å². The topological polar surface area (TPSA) is 65.4 Å². The van der Waals surface area contributed by atoms with Crippen LogP contribution < -0.4 is 4.74 Å². The fraction of sp³-hybridized carbons (Fsp3) is 0.118. The highest BCUT2D eigenvalue weighted by Crippen LogP contribution is 2.28. The highest BCUT2D eigenvalue weighted by atomic mass is 32.2. The molecule has 1 heterocycles. The smallest absolute Gasteiger partial charge is 0.268 e. The third-order valence-corrected chi connectivity index (χ3v) is 5.39. The second kappa shape index (κ2) is 5.89. The van der Waals surface area contributed by atoms with Gasteiger partial charge in [0.25, 0.3) is 10.0 Å². The summed E-state index contributed by atoms with van der Waals surface area (Å²) >= 11 is 0. The third kappa shape index (κ3) is 2.61. The molecular formula is C17H15NO4S. The number of hydrogen-bond donors (Lipinski definition) is 0. The summed E-state index contributed by atoms with van der Waals surface area (Å²) in [5.74, 6) is 0.629. The van der Waals surface area contributed by atoms with Crippen molar-refractivity contribution in [2.45, 2.75) is 11.3 Å². The zero-order valence-corrected chi connectivity index (χ0v) is 13.3. The number of methoxy groups -OCH3 is 1. The van der Waals surface area contributed by atoms with E-state index in [2.05, 4.69) is 0 Å². The van der Waals surface area contributed by atoms with Crippen LogP contribution in [0.15, 0.2) is 59.5 Å². The first-order valence-corrected chi connectivity index (χ1v) is 8.44. The zero-order chi connectivity index (χ0) is 16.4. The monoisotopic (exact) mass is 329 g/mol. The number of aromatic nitrogens is 1. The average Bonchev–Trinajstić information content (AvgIpc) is 2.93. The zero-order valence-electron chi connectivity index (χ0n) is 12.5. The van der Waals surface area contributed by atoms with Crippen LogP contribution in [0.2, 0.25) is 0 Å². The van der Waals surface area contributed by atoms with Crippen LogP contribution in [0.1, 0.15) is 5.69 Å². The lowest BCUT2D eigenvalue weighted by Gasteiger charge is -2.11. The molecule has 5 nitrogen and oxygen atoms in total. The van der Waals surface area contributed by atoms with E-state index in [-0.39, 0.29) is 11.3 Å². The molecule has 6 heteroatoms. The Kier molecular flexibility index (Phi) is 3.92. The molecule has 2 aromatic carbocycles. The molecule has 0 aliphatic carbocycles. The van der Waals surface area contributed by atoms with Crippen molar-refractivity contribution in [3.05, 3.63) is 60.3 Å². The van der Waals surface area contributed by atoms with Crippen LogP contribution in [0.3, 0.4) is 0 Å². The number of hydrogen-bond acceptors (Lipinski definition) is 4. The number of aldehydes is 1. The Morgan fingerprint density at radius 3 is 2.48 bits per heavy atom. The van der Waals surface area contributed by atoms with E-state index in [4.69, 9.17) is 4.74 Å². The van der Waals surface area contributed by atoms with Gasteiger partial charge in [-0.1, -0.05) is 18.2 Å². The van der Waals surface area contributed by atoms with Gasteiger partial charge in [0.05, 0.1) is 17.5 Å². The van der Waals surface area contributed by atoms with Crippen LogP contribution in [0.25, 0.3) is 10.9 Å². The summed E-state index contributed by atoms with van der Waals surface area (Å²) < 4.78 is 32.4. The summed E-state index contributed by atoms with van der Waals surface area (Å²) in [4.78, 5) is 11.1. The minimum absolute atomic E-state index is 0.0169. The Balaban J connectivity index is 2.30. The molecule has 23 heavy (non-hydrogen) atoms. The molecule has 0 bridgehead atoms. The molecule has 3 aromatic rings. The highest BCUT2D eigenvalue weighted by Gasteiger charge is 2.22. The Bertz CT molecular complexity index is 959. The quantitative estimate of drug-likeness (QED) is 0.675. The lowest BCUT2D eigenvalue weighted by Crippen LogP contribution is -2.15. The van der Waals surface area contributed by atoms with Gasteiger partial charge in [-0.2, -0.15) is 0 Å². The molecule has 0 fully saturated rings. The molecule has 118 valence electrons. The number of ether oxygens (including phenoxy) is 1. The lowest BCUT2D eigenvalue weighted by molar-refractivity contribution is -0.107. The summed E-state index contributed by atoms with van der Waals surface area (Å²) in [6, 6.07) is 15.0. The van der Waals surface area contributed by atoms with Crippen LogP contribution in [-0.2, 0) is 21.2 Å². The van der Waals surface area contributed by atoms with Crippen molar-refractivity contribution in [3.63, 3.8) is 0 Å². The minimum Gasteiger partial charge on any atom is -0.497 e. The number of carbonyl (C=O) groups excluding carboxylic acids is 1. The Morgan fingerprint density at radius 1 is 1.09 bits per heavy atom. The molecule has 0 aliphatic rings. The van der Waals surface area contributed by atoms with E-state index in [1.54, 1.807) is 49.6 Å². The maximum Gasteiger partial charge on any atom is 0.268 e. The number of fused-ring (bicyclic) bond motifs is 1. The Hall–Kier alpha value is -2.60. The van der Waals surface area contributed by atoms with Crippen molar-refractivity contribution in [3.8, 4) is 5.75 Å². The fourth-order valence-corrected chi connectivity index (χ4v) is 4.13. The van der Waals surface area contributed by atoms with Gasteiger partial charge < -0.3 is 9.53 Å². The standard InChI is InChI=1S/C17H15NO4S/c1-22-15-7-8-17-13(12-15)11-14(9-10-19)18(17)23(20,21)16-5-3-2-4-6-16/h2-8,10-12H,9H2,1H3. The molecule has 0 saturated carbocycles. The van der Waals surface area contributed by atoms with E-state index in [9.17, 15) is 13.2 Å². The van der Waals surface area contributed by atoms with Gasteiger partial charge in [-0.05, 0) is 36.4 Å². The predicted molar refractivity (Wildman–Crippen MR) is 87.3 cm³/mol. The van der Waals surface area contributed by atoms with E-state index < -0.39 is 10.0 Å². The third-order valence-electron chi connectivity index (χ3n) is 3.61. The van der Waals surface area contributed by atoms with Crippen molar-refractivity contribution in [1.29, 1.82) is 0 Å². The molecule has 0 saturated heterocycles. The molecule has 0 aliphatic heterocycles. The Morgan fingerprint density at radius 2 is 1.83 bits per heavy atom. The van der Waals surface area contributed by atoms with Gasteiger partial charge in [-0.25, -0.2) is 12.4 Å². The summed E-state index contributed by atoms with van der Waals surface area (Å²) in [5.41, 5.74) is 0.943. The molecule has 0 atom stereocenters. The van der Waals surface area contributed by atoms with Gasteiger partial charge in [0.15, 0.2) is 0 Å². The number of nitrogens with zero attached hydrogens (tertiary/aromatic N) is 1. The van der Waals surface area contributed by atoms with Crippen LogP contribution >= 0.6 is 0 Å². The molecule has 3 rings (SSSR count). The second-order valence-corrected chi connectivity index (χ2v) is 6.80. The van der Waals surface area contributed by atoms with Crippen LogP contribution in [0, 0.1) is 0 Å². The van der Waals surface area contributed by atoms with E-state index >= 15 is 0 Å². The van der Waals surface area contributed by atoms with E-state index in [0.29, 0.717) is 28.6 Å². The average molecular weight is 329 g/mol. The largest absolute Gasteiger partial charge is 0.497 e. The van der Waals surface area contributed by atoms with Crippen molar-refractivity contribution < 1.29 is 17.9 Å². The summed E-state index contributed by atoms with van der Waals surface area (Å²) in [5, 5.41) is 0.709. The molecule has 0 amide bonds. The molecule has 0 unspecified atom stereocenters. The van der Waals surface area contributed by atoms with Crippen molar-refractivity contribution in [2.24, 2.45) is 0 Å². The lowest BCUT2D eigenvalue weighted by atomic mass is 10.2. The van der Waals surface area contributed by atoms with Crippen molar-refractivity contribution >= 4 is 27.2 Å². The molecule has 0 spiro atoms. The highest BCUT2D eigenvalue weighted by molar-refractivity contribution is 7.90. The second-order valence-electron chi connectivity index (χ2n) is 5.01. The van der Waals surface area contributed by atoms with E-state index in [1.165, 1.54) is 16.1 Å². The first-order valence-electron chi connectivity index (χ1n) is 7.00. The van der Waals surface area contributed by atoms with Crippen LogP contribution in [0.5, 0.6) is 5.75 Å². The molecule has 0 N–H and O–H groups in total. The van der Waals surface area contributed by atoms with E-state index in [1.807, 2.05) is 0 Å². The summed E-state index contributed by atoms with van der Waals surface area (Å²) in [6.07, 6.45) is 0.714. The molecule has 0 radical (unpaired) electrons. The van der Waals surface area contributed by atoms with Gasteiger partial charge in [0.1, 0.15) is 12.0 Å². The van der Waals surface area contributed by atoms with Crippen molar-refractivity contribution in [1.82, 2.24) is 3.97 Å². The summed E-state index contributed by atoms with van der Waals surface area (Å²) in [6.45, 7) is 0. The first-order chi connectivity index (χ1) is 11.1. The maximum atomic E-state index is 13.0. The van der Waals surface area contributed by atoms with Crippen molar-refractivity contribution in [2.75, 3.05) is 7.11 Å². The predicted octanol–water partition coefficient (Wildman–Crippen LogP) is 2.63. The minimum atomic E-state index is -3.78. The first kappa shape index (κ1) is 15.3. The van der Waals surface area contributed by atoms with Gasteiger partial charge >= 0.3 is 0 Å². The molecule has 1 aromatic heterocycles. The number of rotatable bonds is 5. The maximum absolute atomic E-state index is 13.0. The fourth-order valence-electron chi connectivity index (χ4n) is 2.56. The SMILES string of the molecule is COc1ccc2c(c1)cc(CC=O)n2S(=O)(=O)c1ccccc1. The van der Waals surface area contributed by atoms with Gasteiger partial charge in [-0.3, -0.25) is 0 Å². The number of carbonyl (C=O) groups is 1. The van der Waals surface area contributed by atoms with Crippen LogP contribution in [-0.4, -0.2) is 25.8 Å².